The van der Waals surface area contributed by atoms with Gasteiger partial charge in [0, 0.05) is 23.2 Å². The summed E-state index contributed by atoms with van der Waals surface area (Å²) in [4.78, 5) is 20.6. The topological polar surface area (TPSA) is 104 Å². The Morgan fingerprint density at radius 3 is 2.28 bits per heavy atom. The quantitative estimate of drug-likeness (QED) is 0.596. The molecule has 2 heterocycles. The molecular weight excluding hydrogens is 384 g/mol. The van der Waals surface area contributed by atoms with Gasteiger partial charge in [-0.25, -0.2) is 0 Å². The average Bonchev–Trinajstić information content (AvgIpc) is 3.24. The highest BCUT2D eigenvalue weighted by Gasteiger charge is 2.27. The molecule has 0 fully saturated rings. The van der Waals surface area contributed by atoms with Gasteiger partial charge in [0.2, 0.25) is 0 Å². The predicted octanol–water partition coefficient (Wildman–Crippen LogP) is 5.23. The second-order valence-electron chi connectivity index (χ2n) is 6.83. The highest BCUT2D eigenvalue weighted by atomic mass is 32.1. The van der Waals surface area contributed by atoms with Crippen LogP contribution >= 0.6 is 11.3 Å². The number of aryl methyl sites for hydroxylation is 2. The number of nitrogens with zero attached hydrogens (tertiary/aromatic N) is 2. The third-order valence-corrected chi connectivity index (χ3v) is 5.73. The van der Waals surface area contributed by atoms with E-state index in [2.05, 4.69) is 32.1 Å². The van der Waals surface area contributed by atoms with E-state index in [4.69, 9.17) is 16.3 Å². The zero-order chi connectivity index (χ0) is 21.1. The SMILES string of the molecule is C.C=O.CCCCCCC.CCCn1cc2c(n1)CCc1c-2sc(N)c1C(N)=O. The van der Waals surface area contributed by atoms with Crippen molar-refractivity contribution in [1.82, 2.24) is 9.78 Å². The molecule has 0 saturated heterocycles. The molecule has 2 aromatic rings. The number of rotatable bonds is 7. The standard InChI is InChI=1S/C13H16N4OS.C7H16.CH2O.CH4/c1-2-5-17-6-8-9(16-17)4-3-7-10(12(14)18)13(15)19-11(7)8;1-3-5-7-6-4-2;1-2;/h6H,2-5,15H2,1H3,(H2,14,18);3-7H2,1-2H3;1H2;1H4. The average molecular weight is 423 g/mol. The van der Waals surface area contributed by atoms with E-state index >= 15 is 0 Å². The first-order valence-corrected chi connectivity index (χ1v) is 10.9. The molecule has 7 heteroatoms. The van der Waals surface area contributed by atoms with E-state index in [0.717, 1.165) is 47.5 Å². The number of fused-ring (bicyclic) bond motifs is 3. The van der Waals surface area contributed by atoms with Crippen molar-refractivity contribution in [3.8, 4) is 10.4 Å². The third-order valence-electron chi connectivity index (χ3n) is 4.64. The fourth-order valence-corrected chi connectivity index (χ4v) is 4.46. The minimum absolute atomic E-state index is 0. The molecule has 0 radical (unpaired) electrons. The summed E-state index contributed by atoms with van der Waals surface area (Å²) in [5.41, 5.74) is 15.1. The Morgan fingerprint density at radius 2 is 1.76 bits per heavy atom. The zero-order valence-electron chi connectivity index (χ0n) is 17.4. The molecule has 1 aliphatic rings. The first kappa shape index (κ1) is 26.9. The number of unbranched alkanes of at least 4 members (excludes halogenated alkanes) is 4. The Kier molecular flexibility index (Phi) is 12.9. The van der Waals surface area contributed by atoms with Crippen LogP contribution < -0.4 is 11.5 Å². The maximum atomic E-state index is 11.5. The van der Waals surface area contributed by atoms with Gasteiger partial charge < -0.3 is 16.3 Å². The van der Waals surface area contributed by atoms with Crippen LogP contribution in [0.25, 0.3) is 10.4 Å². The van der Waals surface area contributed by atoms with E-state index in [0.29, 0.717) is 10.6 Å². The van der Waals surface area contributed by atoms with Gasteiger partial charge in [0.25, 0.3) is 5.91 Å². The number of amides is 1. The number of hydrogen-bond acceptors (Lipinski definition) is 5. The minimum Gasteiger partial charge on any atom is -0.390 e. The Bertz CT molecular complexity index is 748. The first-order chi connectivity index (χ1) is 13.5. The number of thiophene rings is 1. The second-order valence-corrected chi connectivity index (χ2v) is 7.88. The van der Waals surface area contributed by atoms with Crippen molar-refractivity contribution < 1.29 is 9.59 Å². The van der Waals surface area contributed by atoms with Crippen molar-refractivity contribution in [2.45, 2.75) is 86.1 Å². The van der Waals surface area contributed by atoms with Gasteiger partial charge in [-0.3, -0.25) is 9.48 Å². The summed E-state index contributed by atoms with van der Waals surface area (Å²) in [5.74, 6) is -0.431. The molecule has 164 valence electrons. The second kappa shape index (κ2) is 13.9. The van der Waals surface area contributed by atoms with Crippen molar-refractivity contribution in [1.29, 1.82) is 0 Å². The maximum Gasteiger partial charge on any atom is 0.251 e. The number of primary amides is 1. The summed E-state index contributed by atoms with van der Waals surface area (Å²) in [5, 5.41) is 5.11. The zero-order valence-corrected chi connectivity index (χ0v) is 18.2. The molecule has 0 bridgehead atoms. The van der Waals surface area contributed by atoms with Crippen molar-refractivity contribution in [2.75, 3.05) is 5.73 Å². The van der Waals surface area contributed by atoms with Crippen LogP contribution in [0.3, 0.4) is 0 Å². The Morgan fingerprint density at radius 1 is 1.14 bits per heavy atom. The highest BCUT2D eigenvalue weighted by Crippen LogP contribution is 2.43. The molecule has 0 aliphatic heterocycles. The first-order valence-electron chi connectivity index (χ1n) is 10.1. The normalized spacial score (nSPS) is 11.0. The summed E-state index contributed by atoms with van der Waals surface area (Å²) in [6.45, 7) is 9.53. The molecule has 1 amide bonds. The van der Waals surface area contributed by atoms with Crippen LogP contribution in [0.15, 0.2) is 6.20 Å². The Hall–Kier alpha value is -2.15. The van der Waals surface area contributed by atoms with Crippen LogP contribution in [0.1, 0.15) is 88.3 Å². The lowest BCUT2D eigenvalue weighted by atomic mass is 9.94. The van der Waals surface area contributed by atoms with E-state index in [1.54, 1.807) is 0 Å². The van der Waals surface area contributed by atoms with Crippen LogP contribution in [0.2, 0.25) is 0 Å². The molecule has 1 aliphatic carbocycles. The van der Waals surface area contributed by atoms with Crippen LogP contribution in [0, 0.1) is 0 Å². The smallest absolute Gasteiger partial charge is 0.251 e. The minimum atomic E-state index is -0.431. The summed E-state index contributed by atoms with van der Waals surface area (Å²) in [7, 11) is 0. The number of anilines is 1. The Labute approximate surface area is 179 Å². The van der Waals surface area contributed by atoms with E-state index in [1.165, 1.54) is 43.4 Å². The number of carbonyl (C=O) groups excluding carboxylic acids is 2. The van der Waals surface area contributed by atoms with Crippen molar-refractivity contribution in [2.24, 2.45) is 5.73 Å². The van der Waals surface area contributed by atoms with E-state index in [9.17, 15) is 4.79 Å². The van der Waals surface area contributed by atoms with Gasteiger partial charge in [-0.1, -0.05) is 60.3 Å². The molecule has 6 nitrogen and oxygen atoms in total. The molecule has 2 aromatic heterocycles. The van der Waals surface area contributed by atoms with Crippen molar-refractivity contribution in [3.63, 3.8) is 0 Å². The molecule has 0 unspecified atom stereocenters. The summed E-state index contributed by atoms with van der Waals surface area (Å²) in [6, 6.07) is 0. The number of nitrogens with two attached hydrogens (primary N) is 2. The fraction of sp³-hybridized carbons (Fsp3) is 0.591. The molecular formula is C22H38N4O2S. The predicted molar refractivity (Wildman–Crippen MR) is 124 cm³/mol. The molecule has 29 heavy (non-hydrogen) atoms. The van der Waals surface area contributed by atoms with Crippen LogP contribution in [-0.4, -0.2) is 22.5 Å². The third kappa shape index (κ3) is 6.99. The summed E-state index contributed by atoms with van der Waals surface area (Å²) in [6.07, 6.45) is 11.7. The lowest BCUT2D eigenvalue weighted by molar-refractivity contribution is -0.0980. The van der Waals surface area contributed by atoms with Gasteiger partial charge in [-0.2, -0.15) is 5.10 Å². The summed E-state index contributed by atoms with van der Waals surface area (Å²) < 4.78 is 1.97. The molecule has 0 atom stereocenters. The lowest BCUT2D eigenvalue weighted by Gasteiger charge is -2.11. The van der Waals surface area contributed by atoms with Gasteiger partial charge >= 0.3 is 0 Å². The van der Waals surface area contributed by atoms with Gasteiger partial charge in [0.05, 0.1) is 16.3 Å². The van der Waals surface area contributed by atoms with E-state index in [1.807, 2.05) is 11.5 Å². The monoisotopic (exact) mass is 422 g/mol. The molecule has 0 saturated carbocycles. The van der Waals surface area contributed by atoms with Gasteiger partial charge in [-0.15, -0.1) is 11.3 Å². The molecule has 3 rings (SSSR count). The number of nitrogen functional groups attached to an aromatic ring is 1. The highest BCUT2D eigenvalue weighted by molar-refractivity contribution is 7.20. The number of hydrogen-bond donors (Lipinski definition) is 2. The van der Waals surface area contributed by atoms with Crippen LogP contribution in [-0.2, 0) is 24.2 Å². The van der Waals surface area contributed by atoms with Gasteiger partial charge in [-0.05, 0) is 24.8 Å². The fourth-order valence-electron chi connectivity index (χ4n) is 3.31. The Balaban J connectivity index is 0.000000675. The van der Waals surface area contributed by atoms with Crippen LogP contribution in [0.5, 0.6) is 0 Å². The van der Waals surface area contributed by atoms with Crippen LogP contribution in [0.4, 0.5) is 5.00 Å². The molecule has 4 N–H and O–H groups in total. The van der Waals surface area contributed by atoms with E-state index in [-0.39, 0.29) is 7.43 Å². The molecule has 0 spiro atoms. The van der Waals surface area contributed by atoms with Gasteiger partial charge in [0.15, 0.2) is 0 Å². The van der Waals surface area contributed by atoms with Gasteiger partial charge in [0.1, 0.15) is 6.79 Å². The largest absolute Gasteiger partial charge is 0.390 e. The maximum absolute atomic E-state index is 11.5. The number of aromatic nitrogens is 2. The summed E-state index contributed by atoms with van der Waals surface area (Å²) >= 11 is 1.44. The lowest BCUT2D eigenvalue weighted by Crippen LogP contribution is -2.15. The van der Waals surface area contributed by atoms with E-state index < -0.39 is 5.91 Å². The van der Waals surface area contributed by atoms with Crippen molar-refractivity contribution in [3.05, 3.63) is 23.0 Å². The molecule has 0 aromatic carbocycles. The van der Waals surface area contributed by atoms with Crippen molar-refractivity contribution >= 4 is 29.0 Å². The number of carbonyl (C=O) groups is 2.